The van der Waals surface area contributed by atoms with E-state index in [2.05, 4.69) is 23.8 Å². The summed E-state index contributed by atoms with van der Waals surface area (Å²) in [6, 6.07) is 17.2. The molecule has 0 radical (unpaired) electrons. The Kier molecular flexibility index (Phi) is 4.72. The second-order valence-corrected chi connectivity index (χ2v) is 6.09. The standard InChI is InChI=1S/C20H19N5O/c1-12(2)13-7-3-5-9-16(13)26-17-10-6-4-8-14(17)18-15(11-21)19(22)25-20(23)24-18/h3-10,12H,1-2H3,(H4,22,23,24,25). The fraction of sp³-hybridized carbons (Fsp3) is 0.150. The molecule has 0 saturated carbocycles. The van der Waals surface area contributed by atoms with Crippen LogP contribution < -0.4 is 16.2 Å². The number of hydrogen-bond donors (Lipinski definition) is 2. The summed E-state index contributed by atoms with van der Waals surface area (Å²) in [7, 11) is 0. The molecule has 0 spiro atoms. The van der Waals surface area contributed by atoms with Crippen molar-refractivity contribution >= 4 is 11.8 Å². The van der Waals surface area contributed by atoms with E-state index in [1.165, 1.54) is 0 Å². The van der Waals surface area contributed by atoms with Crippen LogP contribution in [-0.2, 0) is 0 Å². The Hall–Kier alpha value is -3.59. The van der Waals surface area contributed by atoms with Gasteiger partial charge in [-0.15, -0.1) is 0 Å². The molecular weight excluding hydrogens is 326 g/mol. The number of nitrogens with zero attached hydrogens (tertiary/aromatic N) is 3. The average molecular weight is 345 g/mol. The van der Waals surface area contributed by atoms with Gasteiger partial charge in [0.15, 0.2) is 0 Å². The molecule has 3 aromatic rings. The van der Waals surface area contributed by atoms with Gasteiger partial charge in [0.25, 0.3) is 0 Å². The predicted molar refractivity (Wildman–Crippen MR) is 102 cm³/mol. The van der Waals surface area contributed by atoms with Crippen molar-refractivity contribution in [3.8, 4) is 28.8 Å². The summed E-state index contributed by atoms with van der Waals surface area (Å²) < 4.78 is 6.18. The fourth-order valence-corrected chi connectivity index (χ4v) is 2.72. The third-order valence-corrected chi connectivity index (χ3v) is 3.97. The molecule has 0 fully saturated rings. The molecule has 0 saturated heterocycles. The first-order valence-electron chi connectivity index (χ1n) is 8.20. The highest BCUT2D eigenvalue weighted by Gasteiger charge is 2.18. The quantitative estimate of drug-likeness (QED) is 0.736. The maximum Gasteiger partial charge on any atom is 0.222 e. The molecule has 0 aliphatic rings. The van der Waals surface area contributed by atoms with Crippen molar-refractivity contribution < 1.29 is 4.74 Å². The van der Waals surface area contributed by atoms with E-state index < -0.39 is 0 Å². The van der Waals surface area contributed by atoms with Crippen molar-refractivity contribution in [1.29, 1.82) is 5.26 Å². The molecule has 0 aliphatic heterocycles. The Morgan fingerprint density at radius 1 is 0.962 bits per heavy atom. The Balaban J connectivity index is 2.14. The van der Waals surface area contributed by atoms with Crippen molar-refractivity contribution in [2.45, 2.75) is 19.8 Å². The predicted octanol–water partition coefficient (Wildman–Crippen LogP) is 4.10. The number of nitrogens with two attached hydrogens (primary N) is 2. The van der Waals surface area contributed by atoms with Crippen molar-refractivity contribution in [2.24, 2.45) is 0 Å². The number of nitriles is 1. The maximum atomic E-state index is 9.46. The van der Waals surface area contributed by atoms with E-state index in [1.807, 2.05) is 54.6 Å². The Bertz CT molecular complexity index is 992. The highest BCUT2D eigenvalue weighted by molar-refractivity contribution is 5.77. The number of hydrogen-bond acceptors (Lipinski definition) is 6. The third kappa shape index (κ3) is 3.28. The van der Waals surface area contributed by atoms with Gasteiger partial charge in [-0.1, -0.05) is 44.2 Å². The van der Waals surface area contributed by atoms with Crippen LogP contribution in [0.25, 0.3) is 11.3 Å². The van der Waals surface area contributed by atoms with E-state index in [1.54, 1.807) is 0 Å². The van der Waals surface area contributed by atoms with Crippen LogP contribution >= 0.6 is 0 Å². The van der Waals surface area contributed by atoms with Crippen molar-refractivity contribution in [3.63, 3.8) is 0 Å². The number of nitrogen functional groups attached to an aromatic ring is 2. The molecule has 1 heterocycles. The monoisotopic (exact) mass is 345 g/mol. The lowest BCUT2D eigenvalue weighted by molar-refractivity contribution is 0.474. The van der Waals surface area contributed by atoms with Crippen LogP contribution in [0, 0.1) is 11.3 Å². The highest BCUT2D eigenvalue weighted by atomic mass is 16.5. The normalized spacial score (nSPS) is 10.5. The van der Waals surface area contributed by atoms with Crippen molar-refractivity contribution in [3.05, 3.63) is 59.7 Å². The minimum Gasteiger partial charge on any atom is -0.456 e. The molecule has 0 bridgehead atoms. The summed E-state index contributed by atoms with van der Waals surface area (Å²) in [5.41, 5.74) is 13.8. The summed E-state index contributed by atoms with van der Waals surface area (Å²) in [5.74, 6) is 1.68. The number of ether oxygens (including phenoxy) is 1. The van der Waals surface area contributed by atoms with Gasteiger partial charge in [-0.05, 0) is 29.7 Å². The molecule has 26 heavy (non-hydrogen) atoms. The van der Waals surface area contributed by atoms with Crippen LogP contribution in [0.1, 0.15) is 30.9 Å². The van der Waals surface area contributed by atoms with Gasteiger partial charge in [-0.3, -0.25) is 0 Å². The van der Waals surface area contributed by atoms with E-state index in [0.29, 0.717) is 22.9 Å². The first-order valence-corrected chi connectivity index (χ1v) is 8.20. The van der Waals surface area contributed by atoms with E-state index in [-0.39, 0.29) is 17.3 Å². The summed E-state index contributed by atoms with van der Waals surface area (Å²) in [5, 5.41) is 9.46. The van der Waals surface area contributed by atoms with Gasteiger partial charge in [-0.2, -0.15) is 10.2 Å². The van der Waals surface area contributed by atoms with Crippen LogP contribution in [0.4, 0.5) is 11.8 Å². The molecule has 6 nitrogen and oxygen atoms in total. The van der Waals surface area contributed by atoms with Crippen LogP contribution in [0.3, 0.4) is 0 Å². The molecule has 1 aromatic heterocycles. The van der Waals surface area contributed by atoms with E-state index >= 15 is 0 Å². The van der Waals surface area contributed by atoms with Gasteiger partial charge in [0.2, 0.25) is 5.95 Å². The zero-order chi connectivity index (χ0) is 18.7. The lowest BCUT2D eigenvalue weighted by Gasteiger charge is -2.16. The lowest BCUT2D eigenvalue weighted by atomic mass is 10.0. The molecule has 2 aromatic carbocycles. The summed E-state index contributed by atoms with van der Waals surface area (Å²) in [6.45, 7) is 4.21. The Morgan fingerprint density at radius 3 is 2.31 bits per heavy atom. The van der Waals surface area contributed by atoms with Crippen LogP contribution in [0.15, 0.2) is 48.5 Å². The van der Waals surface area contributed by atoms with E-state index in [4.69, 9.17) is 16.2 Å². The fourth-order valence-electron chi connectivity index (χ4n) is 2.72. The first-order chi connectivity index (χ1) is 12.5. The molecular formula is C20H19N5O. The number of para-hydroxylation sites is 2. The Labute approximate surface area is 152 Å². The zero-order valence-corrected chi connectivity index (χ0v) is 14.6. The highest BCUT2D eigenvalue weighted by Crippen LogP contribution is 2.37. The van der Waals surface area contributed by atoms with Crippen LogP contribution in [-0.4, -0.2) is 9.97 Å². The largest absolute Gasteiger partial charge is 0.456 e. The number of aromatic nitrogens is 2. The molecule has 3 rings (SSSR count). The number of anilines is 2. The lowest BCUT2D eigenvalue weighted by Crippen LogP contribution is -2.05. The van der Waals surface area contributed by atoms with Crippen molar-refractivity contribution in [2.75, 3.05) is 11.5 Å². The van der Waals surface area contributed by atoms with Gasteiger partial charge in [0, 0.05) is 5.56 Å². The minimum atomic E-state index is 0.00823. The minimum absolute atomic E-state index is 0.00823. The van der Waals surface area contributed by atoms with Crippen LogP contribution in [0.5, 0.6) is 11.5 Å². The SMILES string of the molecule is CC(C)c1ccccc1Oc1ccccc1-c1nc(N)nc(N)c1C#N. The molecule has 6 heteroatoms. The van der Waals surface area contributed by atoms with Gasteiger partial charge < -0.3 is 16.2 Å². The molecule has 0 amide bonds. The van der Waals surface area contributed by atoms with Gasteiger partial charge in [0.05, 0.1) is 5.69 Å². The van der Waals surface area contributed by atoms with Crippen LogP contribution in [0.2, 0.25) is 0 Å². The van der Waals surface area contributed by atoms with E-state index in [9.17, 15) is 5.26 Å². The molecule has 0 unspecified atom stereocenters. The average Bonchev–Trinajstić information content (AvgIpc) is 2.62. The van der Waals surface area contributed by atoms with Gasteiger partial charge >= 0.3 is 0 Å². The van der Waals surface area contributed by atoms with Gasteiger partial charge in [-0.25, -0.2) is 4.98 Å². The maximum absolute atomic E-state index is 9.46. The number of rotatable bonds is 4. The summed E-state index contributed by atoms with van der Waals surface area (Å²) >= 11 is 0. The zero-order valence-electron chi connectivity index (χ0n) is 14.6. The smallest absolute Gasteiger partial charge is 0.222 e. The second kappa shape index (κ2) is 7.11. The first kappa shape index (κ1) is 17.2. The van der Waals surface area contributed by atoms with Crippen molar-refractivity contribution in [1.82, 2.24) is 9.97 Å². The Morgan fingerprint density at radius 2 is 1.62 bits per heavy atom. The molecule has 130 valence electrons. The molecule has 4 N–H and O–H groups in total. The topological polar surface area (TPSA) is 111 Å². The van der Waals surface area contributed by atoms with E-state index in [0.717, 1.165) is 11.3 Å². The second-order valence-electron chi connectivity index (χ2n) is 6.09. The number of benzene rings is 2. The van der Waals surface area contributed by atoms with Gasteiger partial charge in [0.1, 0.15) is 28.9 Å². The summed E-state index contributed by atoms with van der Waals surface area (Å²) in [6.07, 6.45) is 0. The molecule has 0 aliphatic carbocycles. The third-order valence-electron chi connectivity index (χ3n) is 3.97. The summed E-state index contributed by atoms with van der Waals surface area (Å²) in [4.78, 5) is 8.08. The molecule has 0 atom stereocenters.